The number of nitrogens with zero attached hydrogens (tertiary/aromatic N) is 1. The number of carbonyl (C=O) groups is 1. The van der Waals surface area contributed by atoms with E-state index in [1.54, 1.807) is 30.3 Å². The van der Waals surface area contributed by atoms with Gasteiger partial charge in [0.05, 0.1) is 11.4 Å². The number of hydroxylamine groups is 1. The lowest BCUT2D eigenvalue weighted by molar-refractivity contribution is -0.130. The molecular weight excluding hydrogens is 368 g/mol. The predicted octanol–water partition coefficient (Wildman–Crippen LogP) is 1.09. The van der Waals surface area contributed by atoms with Crippen LogP contribution in [-0.2, 0) is 25.9 Å². The van der Waals surface area contributed by atoms with E-state index >= 15 is 0 Å². The lowest BCUT2D eigenvalue weighted by Crippen LogP contribution is -2.48. The Morgan fingerprint density at radius 3 is 2.44 bits per heavy atom. The van der Waals surface area contributed by atoms with Crippen molar-refractivity contribution < 1.29 is 27.2 Å². The summed E-state index contributed by atoms with van der Waals surface area (Å²) in [5.74, 6) is -1.36. The second-order valence-corrected chi connectivity index (χ2v) is 8.61. The fraction of sp³-hybridized carbons (Fsp3) is 0.267. The van der Waals surface area contributed by atoms with Crippen LogP contribution in [-0.4, -0.2) is 46.3 Å². The van der Waals surface area contributed by atoms with Crippen molar-refractivity contribution >= 4 is 43.5 Å². The number of hydrogen-bond donors (Lipinski definition) is 3. The van der Waals surface area contributed by atoms with E-state index in [0.29, 0.717) is 0 Å². The van der Waals surface area contributed by atoms with Gasteiger partial charge in [-0.3, -0.25) is 18.9 Å². The van der Waals surface area contributed by atoms with Crippen LogP contribution in [0.25, 0.3) is 10.8 Å². The Morgan fingerprint density at radius 2 is 1.88 bits per heavy atom. The van der Waals surface area contributed by atoms with Crippen molar-refractivity contribution in [3.05, 3.63) is 42.5 Å². The second-order valence-electron chi connectivity index (χ2n) is 5.50. The molecule has 0 bridgehead atoms. The van der Waals surface area contributed by atoms with Gasteiger partial charge in [-0.15, -0.1) is 0 Å². The van der Waals surface area contributed by atoms with E-state index in [1.807, 2.05) is 12.1 Å². The van der Waals surface area contributed by atoms with Gasteiger partial charge in [0.1, 0.15) is 15.9 Å². The molecule has 2 aromatic rings. The van der Waals surface area contributed by atoms with Gasteiger partial charge in [0.15, 0.2) is 0 Å². The Labute approximate surface area is 147 Å². The maximum absolute atomic E-state index is 12.0. The molecule has 2 aromatic carbocycles. The summed E-state index contributed by atoms with van der Waals surface area (Å²) in [5.41, 5.74) is 1.67. The molecule has 8 nitrogen and oxygen atoms in total. The Kier molecular flexibility index (Phi) is 6.11. The Balaban J connectivity index is 2.46. The number of rotatable bonds is 7. The van der Waals surface area contributed by atoms with Crippen LogP contribution < -0.4 is 9.79 Å². The Bertz CT molecular complexity index is 900. The van der Waals surface area contributed by atoms with E-state index in [9.17, 15) is 22.0 Å². The van der Waals surface area contributed by atoms with Gasteiger partial charge in [-0.2, -0.15) is 0 Å². The second kappa shape index (κ2) is 7.91. The molecule has 1 amide bonds. The third-order valence-corrected chi connectivity index (χ3v) is 5.39. The van der Waals surface area contributed by atoms with Crippen molar-refractivity contribution in [2.75, 3.05) is 16.3 Å². The molecule has 0 radical (unpaired) electrons. The van der Waals surface area contributed by atoms with E-state index in [0.717, 1.165) is 21.3 Å². The first-order valence-corrected chi connectivity index (χ1v) is 10.4. The van der Waals surface area contributed by atoms with Gasteiger partial charge in [-0.25, -0.2) is 18.1 Å². The highest BCUT2D eigenvalue weighted by molar-refractivity contribution is 7.90. The molecule has 0 aromatic heterocycles. The van der Waals surface area contributed by atoms with Crippen LogP contribution in [0.1, 0.15) is 6.42 Å². The number of fused-ring (bicyclic) bond motifs is 1. The number of anilines is 1. The third kappa shape index (κ3) is 4.98. The zero-order valence-electron chi connectivity index (χ0n) is 13.3. The molecule has 0 aliphatic carbocycles. The Morgan fingerprint density at radius 1 is 1.24 bits per heavy atom. The number of hydrogen-bond acceptors (Lipinski definition) is 5. The van der Waals surface area contributed by atoms with E-state index in [1.165, 1.54) is 5.48 Å². The monoisotopic (exact) mass is 386 g/mol. The molecule has 0 spiro atoms. The minimum Gasteiger partial charge on any atom is -0.289 e. The average Bonchev–Trinajstić information content (AvgIpc) is 2.56. The average molecular weight is 386 g/mol. The zero-order chi connectivity index (χ0) is 18.6. The zero-order valence-corrected chi connectivity index (χ0v) is 15.0. The summed E-state index contributed by atoms with van der Waals surface area (Å²) >= 11 is -2.61. The fourth-order valence-corrected chi connectivity index (χ4v) is 3.81. The molecule has 0 aliphatic rings. The fourth-order valence-electron chi connectivity index (χ4n) is 2.45. The maximum atomic E-state index is 12.0. The summed E-state index contributed by atoms with van der Waals surface area (Å²) < 4.78 is 45.2. The van der Waals surface area contributed by atoms with Crippen LogP contribution in [0.15, 0.2) is 42.5 Å². The maximum Gasteiger partial charge on any atom is 0.267 e. The molecule has 2 atom stereocenters. The quantitative estimate of drug-likeness (QED) is 0.372. The lowest BCUT2D eigenvalue weighted by Gasteiger charge is -2.28. The van der Waals surface area contributed by atoms with Crippen molar-refractivity contribution in [1.82, 2.24) is 5.48 Å². The summed E-state index contributed by atoms with van der Waals surface area (Å²) in [7, 11) is -3.41. The molecule has 0 saturated heterocycles. The molecule has 10 heteroatoms. The van der Waals surface area contributed by atoms with Gasteiger partial charge < -0.3 is 0 Å². The van der Waals surface area contributed by atoms with Gasteiger partial charge in [-0.1, -0.05) is 30.3 Å². The summed E-state index contributed by atoms with van der Waals surface area (Å²) in [5, 5.41) is 10.6. The molecule has 0 fully saturated rings. The van der Waals surface area contributed by atoms with Crippen LogP contribution >= 0.6 is 0 Å². The molecular formula is C15H18N2O6S2. The molecule has 0 aliphatic heterocycles. The number of carbonyl (C=O) groups excluding carboxylic acids is 1. The van der Waals surface area contributed by atoms with Gasteiger partial charge in [0.2, 0.25) is 0 Å². The molecule has 0 saturated carbocycles. The smallest absolute Gasteiger partial charge is 0.267 e. The predicted molar refractivity (Wildman–Crippen MR) is 95.2 cm³/mol. The van der Waals surface area contributed by atoms with E-state index in [-0.39, 0.29) is 17.9 Å². The minimum absolute atomic E-state index is 0.252. The van der Waals surface area contributed by atoms with Gasteiger partial charge in [-0.05, 0) is 29.3 Å². The normalized spacial score (nSPS) is 14.0. The molecule has 0 heterocycles. The van der Waals surface area contributed by atoms with Crippen LogP contribution in [0, 0.1) is 0 Å². The number of benzene rings is 2. The summed E-state index contributed by atoms with van der Waals surface area (Å²) in [6.07, 6.45) is 0.738. The van der Waals surface area contributed by atoms with Crippen LogP contribution in [0.4, 0.5) is 5.69 Å². The van der Waals surface area contributed by atoms with Gasteiger partial charge in [0, 0.05) is 6.26 Å². The number of nitrogens with one attached hydrogen (secondary N) is 1. The van der Waals surface area contributed by atoms with Crippen LogP contribution in [0.3, 0.4) is 0 Å². The van der Waals surface area contributed by atoms with Crippen LogP contribution in [0.5, 0.6) is 0 Å². The highest BCUT2D eigenvalue weighted by Crippen LogP contribution is 2.26. The van der Waals surface area contributed by atoms with Crippen LogP contribution in [0.2, 0.25) is 0 Å². The van der Waals surface area contributed by atoms with Gasteiger partial charge >= 0.3 is 0 Å². The van der Waals surface area contributed by atoms with Crippen molar-refractivity contribution in [2.24, 2.45) is 0 Å². The largest absolute Gasteiger partial charge is 0.289 e. The minimum atomic E-state index is -3.41. The highest BCUT2D eigenvalue weighted by Gasteiger charge is 2.31. The highest BCUT2D eigenvalue weighted by atomic mass is 32.2. The first-order chi connectivity index (χ1) is 11.7. The Hall–Kier alpha value is -2.01. The molecule has 2 unspecified atom stereocenters. The number of amides is 1. The van der Waals surface area contributed by atoms with Gasteiger partial charge in [0.25, 0.3) is 17.2 Å². The summed E-state index contributed by atoms with van der Waals surface area (Å²) in [4.78, 5) is 12.0. The third-order valence-electron chi connectivity index (χ3n) is 3.61. The molecule has 136 valence electrons. The summed E-state index contributed by atoms with van der Waals surface area (Å²) in [6, 6.07) is 10.8. The van der Waals surface area contributed by atoms with E-state index in [4.69, 9.17) is 5.21 Å². The molecule has 3 N–H and O–H groups in total. The van der Waals surface area contributed by atoms with Crippen molar-refractivity contribution in [3.8, 4) is 0 Å². The summed E-state index contributed by atoms with van der Waals surface area (Å²) in [6.45, 7) is 0. The first-order valence-electron chi connectivity index (χ1n) is 7.23. The SMILES string of the molecule is CS(=O)(=O)CCC(C(=O)NO)N(c1ccc2ccccc2c1)S(=O)O. The van der Waals surface area contributed by atoms with Crippen molar-refractivity contribution in [2.45, 2.75) is 12.5 Å². The number of sulfone groups is 1. The van der Waals surface area contributed by atoms with E-state index < -0.39 is 33.1 Å². The van der Waals surface area contributed by atoms with Crippen molar-refractivity contribution in [1.29, 1.82) is 0 Å². The lowest BCUT2D eigenvalue weighted by atomic mass is 10.1. The first kappa shape index (κ1) is 19.3. The standard InChI is InChI=1S/C15H18N2O6S2/c1-25(22,23)9-8-14(15(18)16-19)17(24(20)21)13-7-6-11-4-2-3-5-12(11)10-13/h2-7,10,14,19H,8-9H2,1H3,(H,16,18)(H,20,21). The van der Waals surface area contributed by atoms with Crippen molar-refractivity contribution in [3.63, 3.8) is 0 Å². The topological polar surface area (TPSA) is 124 Å². The molecule has 2 rings (SSSR count). The molecule has 25 heavy (non-hydrogen) atoms. The van der Waals surface area contributed by atoms with E-state index in [2.05, 4.69) is 0 Å².